The summed E-state index contributed by atoms with van der Waals surface area (Å²) in [7, 11) is 0. The van der Waals surface area contributed by atoms with Crippen LogP contribution in [0.15, 0.2) is 42.2 Å². The Morgan fingerprint density at radius 2 is 1.88 bits per heavy atom. The van der Waals surface area contributed by atoms with E-state index >= 15 is 0 Å². The molecule has 42 heavy (non-hydrogen) atoms. The van der Waals surface area contributed by atoms with Gasteiger partial charge >= 0.3 is 0 Å². The molecule has 5 atom stereocenters. The molecule has 15 heteroatoms. The van der Waals surface area contributed by atoms with Crippen molar-refractivity contribution in [1.29, 1.82) is 0 Å². The Kier molecular flexibility index (Phi) is 6.60. The topological polar surface area (TPSA) is 144 Å². The van der Waals surface area contributed by atoms with Gasteiger partial charge in [-0.2, -0.15) is 10.2 Å². The van der Waals surface area contributed by atoms with Gasteiger partial charge in [0.25, 0.3) is 0 Å². The fourth-order valence-corrected chi connectivity index (χ4v) is 6.95. The first-order valence-corrected chi connectivity index (χ1v) is 14.6. The maximum absolute atomic E-state index is 15.0. The number of hydrogen-bond donors (Lipinski definition) is 3. The summed E-state index contributed by atoms with van der Waals surface area (Å²) in [5.74, 6) is -1.47. The Hall–Kier alpha value is -3.73. The molecule has 5 heterocycles. The fourth-order valence-electron chi connectivity index (χ4n) is 5.38. The highest BCUT2D eigenvalue weighted by atomic mass is 32.1. The number of halogens is 2. The molecule has 4 aromatic heterocycles. The summed E-state index contributed by atoms with van der Waals surface area (Å²) >= 11 is 2.70. The second-order valence-electron chi connectivity index (χ2n) is 10.0. The average molecular weight is 612 g/mol. The van der Waals surface area contributed by atoms with E-state index in [1.54, 1.807) is 11.6 Å². The van der Waals surface area contributed by atoms with Crippen LogP contribution >= 0.6 is 22.7 Å². The molecule has 1 saturated heterocycles. The normalized spacial score (nSPS) is 22.9. The first-order valence-electron chi connectivity index (χ1n) is 12.9. The van der Waals surface area contributed by atoms with Crippen LogP contribution in [0, 0.1) is 25.5 Å². The molecule has 1 fully saturated rings. The molecule has 0 amide bonds. The van der Waals surface area contributed by atoms with E-state index in [-0.39, 0.29) is 22.5 Å². The maximum atomic E-state index is 15.0. The third-order valence-corrected chi connectivity index (χ3v) is 9.04. The molecule has 1 unspecified atom stereocenters. The molecular formula is C27H23F2N7O4S2. The van der Waals surface area contributed by atoms with Crippen molar-refractivity contribution in [3.63, 3.8) is 0 Å². The molecule has 2 aromatic carbocycles. The smallest absolute Gasteiger partial charge is 0.186 e. The van der Waals surface area contributed by atoms with E-state index in [0.717, 1.165) is 15.2 Å². The van der Waals surface area contributed by atoms with Gasteiger partial charge in [-0.3, -0.25) is 4.68 Å². The zero-order valence-electron chi connectivity index (χ0n) is 22.1. The van der Waals surface area contributed by atoms with Crippen LogP contribution in [0.5, 0.6) is 0 Å². The van der Waals surface area contributed by atoms with Crippen LogP contribution in [0.4, 0.5) is 8.78 Å². The van der Waals surface area contributed by atoms with Gasteiger partial charge in [-0.25, -0.2) is 28.4 Å². The summed E-state index contributed by atoms with van der Waals surface area (Å²) in [6, 6.07) is 5.96. The van der Waals surface area contributed by atoms with Crippen molar-refractivity contribution in [2.75, 3.05) is 6.61 Å². The first-order chi connectivity index (χ1) is 20.2. The maximum Gasteiger partial charge on any atom is 0.186 e. The van der Waals surface area contributed by atoms with Gasteiger partial charge in [0.1, 0.15) is 41.8 Å². The molecular weight excluding hydrogens is 588 g/mol. The summed E-state index contributed by atoms with van der Waals surface area (Å²) in [4.78, 5) is 12.9. The van der Waals surface area contributed by atoms with Gasteiger partial charge in [0.15, 0.2) is 17.5 Å². The Bertz CT molecular complexity index is 1950. The summed E-state index contributed by atoms with van der Waals surface area (Å²) in [6.07, 6.45) is -2.33. The molecule has 0 aliphatic carbocycles. The van der Waals surface area contributed by atoms with Crippen molar-refractivity contribution >= 4 is 43.1 Å². The molecule has 1 aliphatic rings. The number of aliphatic hydroxyl groups excluding tert-OH is 3. The number of hydrogen-bond acceptors (Lipinski definition) is 11. The van der Waals surface area contributed by atoms with Crippen molar-refractivity contribution in [3.8, 4) is 16.8 Å². The van der Waals surface area contributed by atoms with Crippen molar-refractivity contribution in [2.45, 2.75) is 44.3 Å². The number of ether oxygens (including phenoxy) is 1. The lowest BCUT2D eigenvalue weighted by molar-refractivity contribution is -0.210. The number of aryl methyl sites for hydroxylation is 2. The van der Waals surface area contributed by atoms with Crippen molar-refractivity contribution < 1.29 is 28.8 Å². The van der Waals surface area contributed by atoms with Crippen LogP contribution in [0.25, 0.3) is 37.2 Å². The zero-order chi connectivity index (χ0) is 29.3. The summed E-state index contributed by atoms with van der Waals surface area (Å²) in [5, 5.41) is 42.5. The minimum atomic E-state index is -1.42. The highest BCUT2D eigenvalue weighted by Crippen LogP contribution is 2.40. The van der Waals surface area contributed by atoms with Crippen LogP contribution < -0.4 is 0 Å². The highest BCUT2D eigenvalue weighted by Gasteiger charge is 2.48. The Balaban J connectivity index is 1.28. The molecule has 0 radical (unpaired) electrons. The van der Waals surface area contributed by atoms with E-state index in [2.05, 4.69) is 25.1 Å². The number of benzene rings is 2. The van der Waals surface area contributed by atoms with E-state index in [4.69, 9.17) is 4.74 Å². The Labute approximate surface area is 244 Å². The second-order valence-corrected chi connectivity index (χ2v) is 12.1. The van der Waals surface area contributed by atoms with Gasteiger partial charge in [-0.1, -0.05) is 0 Å². The lowest BCUT2D eigenvalue weighted by Gasteiger charge is -2.41. The second kappa shape index (κ2) is 10.2. The van der Waals surface area contributed by atoms with Crippen LogP contribution in [0.1, 0.15) is 28.8 Å². The number of aliphatic hydroxyl groups is 3. The molecule has 3 N–H and O–H groups in total. The van der Waals surface area contributed by atoms with Crippen LogP contribution in [0.2, 0.25) is 0 Å². The van der Waals surface area contributed by atoms with E-state index < -0.39 is 48.7 Å². The quantitative estimate of drug-likeness (QED) is 0.266. The molecule has 0 saturated carbocycles. The molecule has 1 aliphatic heterocycles. The van der Waals surface area contributed by atoms with Crippen molar-refractivity contribution in [1.82, 2.24) is 34.5 Å². The average Bonchev–Trinajstić information content (AvgIpc) is 3.76. The predicted octanol–water partition coefficient (Wildman–Crippen LogP) is 3.64. The molecule has 7 rings (SSSR count). The highest BCUT2D eigenvalue weighted by molar-refractivity contribution is 7.18. The summed E-state index contributed by atoms with van der Waals surface area (Å²) in [6.45, 7) is 3.06. The third kappa shape index (κ3) is 4.31. The van der Waals surface area contributed by atoms with Gasteiger partial charge in [-0.15, -0.1) is 22.7 Å². The predicted molar refractivity (Wildman–Crippen MR) is 151 cm³/mol. The van der Waals surface area contributed by atoms with Crippen LogP contribution in [-0.4, -0.2) is 74.8 Å². The van der Waals surface area contributed by atoms with Gasteiger partial charge in [0.2, 0.25) is 0 Å². The molecule has 0 bridgehead atoms. The Morgan fingerprint density at radius 1 is 1.05 bits per heavy atom. The standard InChI is InChI=1S/C27H23F2N7O4S2/c1-11-32-27(36(34-11)14-3-4-16-18(5-14)42-12(2)33-16)26-25(39)23(24(38)17(9-37)40-26)35-8-13(7-31-35)15-6-19-22(30-10-41-19)21(29)20(15)28/h3-8,10,17,23-26,37-39H,9H2,1-2H3/t17-,23+,24+,25-,26?/m1/s1. The van der Waals surface area contributed by atoms with Crippen LogP contribution in [-0.2, 0) is 4.74 Å². The van der Waals surface area contributed by atoms with Crippen molar-refractivity contribution in [3.05, 3.63) is 70.5 Å². The molecule has 216 valence electrons. The number of nitrogens with zero attached hydrogens (tertiary/aromatic N) is 7. The SMILES string of the molecule is Cc1nc(C2O[C@H](CO)[C@H](O)[C@H](n3cc(-c4cc5scnc5c(F)c4F)cn3)[C@H]2O)n(-c2ccc3nc(C)sc3c2)n1. The van der Waals surface area contributed by atoms with E-state index in [9.17, 15) is 24.1 Å². The largest absolute Gasteiger partial charge is 0.394 e. The zero-order valence-corrected chi connectivity index (χ0v) is 23.7. The summed E-state index contributed by atoms with van der Waals surface area (Å²) < 4.78 is 39.9. The molecule has 6 aromatic rings. The van der Waals surface area contributed by atoms with Gasteiger partial charge in [0, 0.05) is 17.3 Å². The minimum absolute atomic E-state index is 0.0362. The fraction of sp³-hybridized carbons (Fsp3) is 0.296. The van der Waals surface area contributed by atoms with Crippen LogP contribution in [0.3, 0.4) is 0 Å². The molecule has 0 spiro atoms. The number of aromatic nitrogens is 7. The lowest BCUT2D eigenvalue weighted by atomic mass is 9.92. The monoisotopic (exact) mass is 611 g/mol. The first kappa shape index (κ1) is 27.1. The van der Waals surface area contributed by atoms with Gasteiger partial charge < -0.3 is 20.1 Å². The molecule has 11 nitrogen and oxygen atoms in total. The Morgan fingerprint density at radius 3 is 2.69 bits per heavy atom. The van der Waals surface area contributed by atoms with E-state index in [0.29, 0.717) is 16.2 Å². The number of rotatable bonds is 5. The minimum Gasteiger partial charge on any atom is -0.394 e. The lowest BCUT2D eigenvalue weighted by Crippen LogP contribution is -2.53. The van der Waals surface area contributed by atoms with Gasteiger partial charge in [-0.05, 0) is 38.1 Å². The van der Waals surface area contributed by atoms with E-state index in [1.165, 1.54) is 51.3 Å². The number of thiazole rings is 2. The van der Waals surface area contributed by atoms with Crippen molar-refractivity contribution in [2.24, 2.45) is 0 Å². The summed E-state index contributed by atoms with van der Waals surface area (Å²) in [5.41, 5.74) is 3.08. The number of fused-ring (bicyclic) bond motifs is 2. The third-order valence-electron chi connectivity index (χ3n) is 7.33. The van der Waals surface area contributed by atoms with E-state index in [1.807, 2.05) is 25.1 Å². The van der Waals surface area contributed by atoms with Gasteiger partial charge in [0.05, 0.1) is 43.9 Å².